The molecule has 0 fully saturated rings. The zero-order chi connectivity index (χ0) is 14.4. The molecule has 108 valence electrons. The van der Waals surface area contributed by atoms with Gasteiger partial charge in [-0.25, -0.2) is 4.98 Å². The average molecular weight is 278 g/mol. The van der Waals surface area contributed by atoms with E-state index in [2.05, 4.69) is 35.7 Å². The van der Waals surface area contributed by atoms with Gasteiger partial charge in [-0.3, -0.25) is 0 Å². The van der Waals surface area contributed by atoms with Crippen molar-refractivity contribution in [1.29, 1.82) is 0 Å². The van der Waals surface area contributed by atoms with Crippen molar-refractivity contribution in [2.75, 3.05) is 23.7 Å². The van der Waals surface area contributed by atoms with Crippen LogP contribution in [0.4, 0.5) is 11.9 Å². The highest BCUT2D eigenvalue weighted by Crippen LogP contribution is 2.08. The average Bonchev–Trinajstić information content (AvgIpc) is 2.99. The van der Waals surface area contributed by atoms with E-state index in [0.717, 1.165) is 0 Å². The lowest BCUT2D eigenvalue weighted by atomic mass is 10.3. The summed E-state index contributed by atoms with van der Waals surface area (Å²) in [5.74, 6) is 1.19. The monoisotopic (exact) mass is 278 g/mol. The third-order valence-electron chi connectivity index (χ3n) is 2.55. The fourth-order valence-corrected chi connectivity index (χ4v) is 1.45. The Bertz CT molecular complexity index is 529. The molecule has 0 spiro atoms. The minimum atomic E-state index is -0.441. The summed E-state index contributed by atoms with van der Waals surface area (Å²) in [5, 5.41) is 19.6. The molecule has 0 aliphatic carbocycles. The van der Waals surface area contributed by atoms with Crippen molar-refractivity contribution in [3.8, 4) is 5.95 Å². The Hall–Kier alpha value is -2.29. The Morgan fingerprint density at radius 3 is 2.55 bits per heavy atom. The third-order valence-corrected chi connectivity index (χ3v) is 2.55. The second-order valence-corrected chi connectivity index (χ2v) is 4.10. The quantitative estimate of drug-likeness (QED) is 0.652. The van der Waals surface area contributed by atoms with Gasteiger partial charge in [0.15, 0.2) is 0 Å². The van der Waals surface area contributed by atoms with Crippen molar-refractivity contribution in [1.82, 2.24) is 29.7 Å². The van der Waals surface area contributed by atoms with E-state index in [-0.39, 0.29) is 0 Å². The number of hydrogen-bond donors (Lipinski definition) is 3. The molecule has 2 aromatic heterocycles. The largest absolute Gasteiger partial charge is 0.391 e. The van der Waals surface area contributed by atoms with Crippen LogP contribution in [0.2, 0.25) is 0 Å². The Kier molecular flexibility index (Phi) is 4.77. The molecule has 9 heteroatoms. The summed E-state index contributed by atoms with van der Waals surface area (Å²) < 4.78 is 1.45. The second kappa shape index (κ2) is 6.75. The minimum absolute atomic E-state index is 0.363. The van der Waals surface area contributed by atoms with E-state index >= 15 is 0 Å². The number of nitrogens with zero attached hydrogens (tertiary/aromatic N) is 6. The summed E-state index contributed by atoms with van der Waals surface area (Å²) in [6.45, 7) is 4.93. The van der Waals surface area contributed by atoms with E-state index in [1.54, 1.807) is 0 Å². The SMILES string of the molecule is CCNc1nc(NCC(O)CC)nc(-n2cncn2)n1. The van der Waals surface area contributed by atoms with Crippen molar-refractivity contribution in [3.05, 3.63) is 12.7 Å². The molecule has 0 saturated carbocycles. The summed E-state index contributed by atoms with van der Waals surface area (Å²) in [5.41, 5.74) is 0. The Morgan fingerprint density at radius 1 is 1.20 bits per heavy atom. The maximum Gasteiger partial charge on any atom is 0.258 e. The number of hydrogen-bond acceptors (Lipinski definition) is 8. The smallest absolute Gasteiger partial charge is 0.258 e. The molecule has 20 heavy (non-hydrogen) atoms. The fourth-order valence-electron chi connectivity index (χ4n) is 1.45. The number of aliphatic hydroxyl groups is 1. The van der Waals surface area contributed by atoms with Crippen LogP contribution < -0.4 is 10.6 Å². The minimum Gasteiger partial charge on any atom is -0.391 e. The zero-order valence-corrected chi connectivity index (χ0v) is 11.5. The van der Waals surface area contributed by atoms with Gasteiger partial charge >= 0.3 is 0 Å². The molecule has 0 radical (unpaired) electrons. The Balaban J connectivity index is 2.22. The standard InChI is InChI=1S/C11H18N8O/c1-3-8(20)5-14-10-16-9(13-4-2)17-11(18-10)19-7-12-6-15-19/h6-8,20H,3-5H2,1-2H3,(H2,13,14,16,17,18). The first kappa shape index (κ1) is 14.1. The fraction of sp³-hybridized carbons (Fsp3) is 0.545. The molecule has 0 aromatic carbocycles. The first-order valence-electron chi connectivity index (χ1n) is 6.49. The van der Waals surface area contributed by atoms with Gasteiger partial charge in [0.05, 0.1) is 6.10 Å². The van der Waals surface area contributed by atoms with Gasteiger partial charge in [-0.05, 0) is 13.3 Å². The molecule has 2 rings (SSSR count). The number of aromatic nitrogens is 6. The normalized spacial score (nSPS) is 12.2. The van der Waals surface area contributed by atoms with Gasteiger partial charge in [-0.1, -0.05) is 6.92 Å². The molecule has 0 saturated heterocycles. The molecule has 0 amide bonds. The summed E-state index contributed by atoms with van der Waals surface area (Å²) in [6, 6.07) is 0. The number of aliphatic hydroxyl groups excluding tert-OH is 1. The molecule has 2 aromatic rings. The molecule has 1 atom stereocenters. The van der Waals surface area contributed by atoms with Crippen LogP contribution in [-0.2, 0) is 0 Å². The second-order valence-electron chi connectivity index (χ2n) is 4.10. The molecule has 9 nitrogen and oxygen atoms in total. The third kappa shape index (κ3) is 3.60. The highest BCUT2D eigenvalue weighted by molar-refractivity contribution is 5.37. The Morgan fingerprint density at radius 2 is 1.95 bits per heavy atom. The van der Waals surface area contributed by atoms with Crippen molar-refractivity contribution in [2.24, 2.45) is 0 Å². The predicted molar refractivity (Wildman–Crippen MR) is 73.7 cm³/mol. The predicted octanol–water partition coefficient (Wildman–Crippen LogP) is 0.0669. The molecule has 3 N–H and O–H groups in total. The maximum atomic E-state index is 9.57. The molecule has 1 unspecified atom stereocenters. The van der Waals surface area contributed by atoms with Gasteiger partial charge in [0.2, 0.25) is 11.9 Å². The summed E-state index contributed by atoms with van der Waals surface area (Å²) in [4.78, 5) is 16.6. The lowest BCUT2D eigenvalue weighted by Gasteiger charge is -2.11. The zero-order valence-electron chi connectivity index (χ0n) is 11.5. The lowest BCUT2D eigenvalue weighted by Crippen LogP contribution is -2.21. The van der Waals surface area contributed by atoms with E-state index in [1.165, 1.54) is 17.3 Å². The maximum absolute atomic E-state index is 9.57. The van der Waals surface area contributed by atoms with Crippen molar-refractivity contribution >= 4 is 11.9 Å². The first-order chi connectivity index (χ1) is 9.72. The van der Waals surface area contributed by atoms with Gasteiger partial charge in [0.25, 0.3) is 5.95 Å². The van der Waals surface area contributed by atoms with Gasteiger partial charge in [0, 0.05) is 13.1 Å². The van der Waals surface area contributed by atoms with Crippen molar-refractivity contribution < 1.29 is 5.11 Å². The van der Waals surface area contributed by atoms with Crippen LogP contribution in [-0.4, -0.2) is 54.0 Å². The van der Waals surface area contributed by atoms with Gasteiger partial charge in [-0.15, -0.1) is 0 Å². The van der Waals surface area contributed by atoms with Gasteiger partial charge < -0.3 is 15.7 Å². The van der Waals surface area contributed by atoms with E-state index < -0.39 is 6.10 Å². The number of nitrogens with one attached hydrogen (secondary N) is 2. The van der Waals surface area contributed by atoms with Crippen LogP contribution in [0.15, 0.2) is 12.7 Å². The summed E-state index contributed by atoms with van der Waals surface area (Å²) in [6.07, 6.45) is 3.14. The molecule has 2 heterocycles. The van der Waals surface area contributed by atoms with Crippen LogP contribution in [0.1, 0.15) is 20.3 Å². The van der Waals surface area contributed by atoms with Gasteiger partial charge in [-0.2, -0.15) is 24.7 Å². The highest BCUT2D eigenvalue weighted by Gasteiger charge is 2.09. The molecule has 0 aliphatic rings. The molecular formula is C11H18N8O. The molecular weight excluding hydrogens is 260 g/mol. The van der Waals surface area contributed by atoms with E-state index in [1.807, 2.05) is 13.8 Å². The van der Waals surface area contributed by atoms with Crippen molar-refractivity contribution in [2.45, 2.75) is 26.4 Å². The van der Waals surface area contributed by atoms with E-state index in [4.69, 9.17) is 0 Å². The van der Waals surface area contributed by atoms with Crippen LogP contribution in [0.3, 0.4) is 0 Å². The van der Waals surface area contributed by atoms with Gasteiger partial charge in [0.1, 0.15) is 12.7 Å². The number of rotatable bonds is 7. The van der Waals surface area contributed by atoms with Crippen LogP contribution in [0, 0.1) is 0 Å². The lowest BCUT2D eigenvalue weighted by molar-refractivity contribution is 0.183. The van der Waals surface area contributed by atoms with E-state index in [0.29, 0.717) is 37.4 Å². The van der Waals surface area contributed by atoms with E-state index in [9.17, 15) is 5.11 Å². The summed E-state index contributed by atoms with van der Waals surface area (Å²) >= 11 is 0. The van der Waals surface area contributed by atoms with Crippen LogP contribution in [0.25, 0.3) is 5.95 Å². The first-order valence-corrected chi connectivity index (χ1v) is 6.49. The molecule has 0 bridgehead atoms. The van der Waals surface area contributed by atoms with Crippen LogP contribution >= 0.6 is 0 Å². The van der Waals surface area contributed by atoms with Crippen LogP contribution in [0.5, 0.6) is 0 Å². The molecule has 0 aliphatic heterocycles. The Labute approximate surface area is 116 Å². The topological polar surface area (TPSA) is 114 Å². The number of anilines is 2. The summed E-state index contributed by atoms with van der Waals surface area (Å²) in [7, 11) is 0. The van der Waals surface area contributed by atoms with Crippen molar-refractivity contribution in [3.63, 3.8) is 0 Å². The highest BCUT2D eigenvalue weighted by atomic mass is 16.3.